The van der Waals surface area contributed by atoms with E-state index < -0.39 is 52.4 Å². The van der Waals surface area contributed by atoms with E-state index in [0.29, 0.717) is 6.61 Å². The average Bonchev–Trinajstić information content (AvgIpc) is 2.76. The van der Waals surface area contributed by atoms with Crippen molar-refractivity contribution in [1.82, 2.24) is 0 Å². The second kappa shape index (κ2) is 11.8. The van der Waals surface area contributed by atoms with Gasteiger partial charge in [0.15, 0.2) is 23.3 Å². The molecule has 0 aliphatic heterocycles. The molecule has 0 fully saturated rings. The molecule has 0 saturated heterocycles. The number of ether oxygens (including phenoxy) is 2. The summed E-state index contributed by atoms with van der Waals surface area (Å²) in [4.78, 5) is 23.5. The lowest BCUT2D eigenvalue weighted by Gasteiger charge is -2.15. The molecule has 180 valence electrons. The van der Waals surface area contributed by atoms with Gasteiger partial charge in [-0.05, 0) is 24.6 Å². The number of benzene rings is 2. The van der Waals surface area contributed by atoms with E-state index in [9.17, 15) is 32.3 Å². The minimum Gasteiger partial charge on any atom is -0.489 e. The first-order valence-corrected chi connectivity index (χ1v) is 10.0. The summed E-state index contributed by atoms with van der Waals surface area (Å²) in [6.07, 6.45) is 0.861. The molecule has 0 aliphatic rings. The van der Waals surface area contributed by atoms with Gasteiger partial charge in [0.05, 0.1) is 17.2 Å². The molecule has 0 heterocycles. The van der Waals surface area contributed by atoms with Gasteiger partial charge in [-0.15, -0.1) is 0 Å². The number of halogens is 5. The van der Waals surface area contributed by atoms with Crippen molar-refractivity contribution < 1.29 is 46.8 Å². The molecule has 2 aromatic carbocycles. The van der Waals surface area contributed by atoms with E-state index in [1.165, 1.54) is 12.1 Å². The molecule has 0 aliphatic carbocycles. The first-order chi connectivity index (χ1) is 15.6. The number of aromatic carboxylic acids is 1. The monoisotopic (exact) mass is 493 g/mol. The minimum absolute atomic E-state index is 0.0496. The molecule has 1 amide bonds. The number of hydrogen-bond acceptors (Lipinski definition) is 5. The van der Waals surface area contributed by atoms with Crippen LogP contribution >= 0.6 is 11.6 Å². The van der Waals surface area contributed by atoms with Crippen LogP contribution in [0.3, 0.4) is 0 Å². The highest BCUT2D eigenvalue weighted by Gasteiger charge is 2.32. The Hall–Kier alpha value is -2.89. The van der Waals surface area contributed by atoms with Crippen molar-refractivity contribution in [3.05, 3.63) is 57.6 Å². The highest BCUT2D eigenvalue weighted by Crippen LogP contribution is 2.29. The Kier molecular flexibility index (Phi) is 9.44. The smallest absolute Gasteiger partial charge is 0.339 e. The third-order valence-electron chi connectivity index (χ3n) is 4.28. The molecular weight excluding hydrogens is 474 g/mol. The number of unbranched alkanes of at least 4 members (excludes halogenated alkanes) is 1. The van der Waals surface area contributed by atoms with Gasteiger partial charge in [-0.2, -0.15) is 0 Å². The van der Waals surface area contributed by atoms with Gasteiger partial charge in [0, 0.05) is 12.3 Å². The molecule has 3 N–H and O–H groups in total. The Morgan fingerprint density at radius 1 is 1.06 bits per heavy atom. The number of carbonyl (C=O) groups excluding carboxylic acids is 1. The third kappa shape index (κ3) is 6.56. The summed E-state index contributed by atoms with van der Waals surface area (Å²) in [7, 11) is 0. The molecule has 0 saturated carbocycles. The van der Waals surface area contributed by atoms with Crippen LogP contribution in [0.5, 0.6) is 5.75 Å². The highest BCUT2D eigenvalue weighted by molar-refractivity contribution is 6.32. The molecule has 0 spiro atoms. The maximum Gasteiger partial charge on any atom is 0.339 e. The number of aliphatic hydroxyl groups is 1. The number of rotatable bonds is 11. The lowest BCUT2D eigenvalue weighted by molar-refractivity contribution is 0.0113. The summed E-state index contributed by atoms with van der Waals surface area (Å²) in [5.41, 5.74) is -3.30. The molecule has 0 bridgehead atoms. The average molecular weight is 494 g/mol. The van der Waals surface area contributed by atoms with Crippen LogP contribution in [-0.2, 0) is 4.74 Å². The van der Waals surface area contributed by atoms with Crippen LogP contribution in [0.1, 0.15) is 40.5 Å². The zero-order chi connectivity index (χ0) is 24.7. The number of amides is 1. The van der Waals surface area contributed by atoms with Gasteiger partial charge >= 0.3 is 5.97 Å². The molecule has 2 aromatic rings. The molecule has 33 heavy (non-hydrogen) atoms. The summed E-state index contributed by atoms with van der Waals surface area (Å²) in [6.45, 7) is 2.39. The van der Waals surface area contributed by atoms with Crippen LogP contribution in [0.4, 0.5) is 23.2 Å². The minimum atomic E-state index is -2.36. The summed E-state index contributed by atoms with van der Waals surface area (Å²) >= 11 is 6.05. The first kappa shape index (κ1) is 26.4. The number of carboxylic acid groups (broad SMARTS) is 1. The SMILES string of the molecule is CCCCOCC(O)COc1ccc(NC(=O)c2c(F)c(F)c(F)c(F)c2C(=O)O)cc1Cl. The number of aliphatic hydroxyl groups excluding tert-OH is 1. The maximum absolute atomic E-state index is 14.1. The molecular formula is C21H20ClF4NO6. The van der Waals surface area contributed by atoms with Gasteiger partial charge in [-0.3, -0.25) is 4.79 Å². The maximum atomic E-state index is 14.1. The van der Waals surface area contributed by atoms with E-state index >= 15 is 0 Å². The van der Waals surface area contributed by atoms with Crippen LogP contribution in [0.25, 0.3) is 0 Å². The second-order valence-electron chi connectivity index (χ2n) is 6.80. The van der Waals surface area contributed by atoms with Crippen molar-refractivity contribution in [3.63, 3.8) is 0 Å². The number of anilines is 1. The predicted octanol–water partition coefficient (Wildman–Crippen LogP) is 4.40. The zero-order valence-corrected chi connectivity index (χ0v) is 18.0. The molecule has 1 atom stereocenters. The predicted molar refractivity (Wildman–Crippen MR) is 110 cm³/mol. The Labute approximate surface area is 190 Å². The molecule has 7 nitrogen and oxygen atoms in total. The van der Waals surface area contributed by atoms with Crippen LogP contribution < -0.4 is 10.1 Å². The molecule has 0 aromatic heterocycles. The highest BCUT2D eigenvalue weighted by atomic mass is 35.5. The standard InChI is InChI=1S/C21H20ClF4NO6/c1-2-3-6-32-8-11(28)9-33-13-5-4-10(7-12(13)22)27-20(29)14-15(21(30)31)17(24)19(26)18(25)16(14)23/h4-5,7,11,28H,2-3,6,8-9H2,1H3,(H,27,29)(H,30,31). The van der Waals surface area contributed by atoms with E-state index in [1.54, 1.807) is 0 Å². The van der Waals surface area contributed by atoms with E-state index in [4.69, 9.17) is 26.2 Å². The van der Waals surface area contributed by atoms with Gasteiger partial charge in [-0.25, -0.2) is 22.4 Å². The largest absolute Gasteiger partial charge is 0.489 e. The normalized spacial score (nSPS) is 11.8. The summed E-state index contributed by atoms with van der Waals surface area (Å²) in [5, 5.41) is 20.8. The first-order valence-electron chi connectivity index (χ1n) is 9.67. The fourth-order valence-electron chi connectivity index (χ4n) is 2.63. The van der Waals surface area contributed by atoms with E-state index in [2.05, 4.69) is 0 Å². The van der Waals surface area contributed by atoms with Crippen molar-refractivity contribution in [3.8, 4) is 5.75 Å². The fraction of sp³-hybridized carbons (Fsp3) is 0.333. The number of carbonyl (C=O) groups is 2. The van der Waals surface area contributed by atoms with Crippen LogP contribution in [0.15, 0.2) is 18.2 Å². The fourth-order valence-corrected chi connectivity index (χ4v) is 2.87. The Bertz CT molecular complexity index is 1040. The van der Waals surface area contributed by atoms with Crippen molar-refractivity contribution in [2.45, 2.75) is 25.9 Å². The molecule has 1 unspecified atom stereocenters. The number of carboxylic acids is 1. The number of hydrogen-bond donors (Lipinski definition) is 3. The Morgan fingerprint density at radius 3 is 2.27 bits per heavy atom. The van der Waals surface area contributed by atoms with E-state index in [-0.39, 0.29) is 29.7 Å². The number of nitrogens with one attached hydrogen (secondary N) is 1. The molecule has 2 rings (SSSR count). The van der Waals surface area contributed by atoms with Gasteiger partial charge in [0.25, 0.3) is 5.91 Å². The van der Waals surface area contributed by atoms with Gasteiger partial charge in [-0.1, -0.05) is 24.9 Å². The Balaban J connectivity index is 2.13. The van der Waals surface area contributed by atoms with E-state index in [0.717, 1.165) is 18.9 Å². The van der Waals surface area contributed by atoms with Crippen molar-refractivity contribution in [2.24, 2.45) is 0 Å². The van der Waals surface area contributed by atoms with Crippen molar-refractivity contribution in [1.29, 1.82) is 0 Å². The van der Waals surface area contributed by atoms with E-state index in [1.807, 2.05) is 12.2 Å². The lowest BCUT2D eigenvalue weighted by atomic mass is 10.0. The Morgan fingerprint density at radius 2 is 1.70 bits per heavy atom. The quantitative estimate of drug-likeness (QED) is 0.185. The summed E-state index contributed by atoms with van der Waals surface area (Å²) in [5.74, 6) is -12.7. The van der Waals surface area contributed by atoms with Gasteiger partial charge in [0.1, 0.15) is 24.0 Å². The summed E-state index contributed by atoms with van der Waals surface area (Å²) < 4.78 is 65.4. The van der Waals surface area contributed by atoms with Crippen molar-refractivity contribution in [2.75, 3.05) is 25.1 Å². The van der Waals surface area contributed by atoms with Gasteiger partial charge in [0.2, 0.25) is 0 Å². The second-order valence-corrected chi connectivity index (χ2v) is 7.21. The van der Waals surface area contributed by atoms with Crippen molar-refractivity contribution >= 4 is 29.2 Å². The van der Waals surface area contributed by atoms with Gasteiger partial charge < -0.3 is 25.0 Å². The van der Waals surface area contributed by atoms with Crippen LogP contribution in [-0.4, -0.2) is 48.0 Å². The summed E-state index contributed by atoms with van der Waals surface area (Å²) in [6, 6.07) is 3.63. The molecule has 12 heteroatoms. The van der Waals surface area contributed by atoms with Crippen LogP contribution in [0, 0.1) is 23.3 Å². The lowest BCUT2D eigenvalue weighted by Crippen LogP contribution is -2.24. The zero-order valence-electron chi connectivity index (χ0n) is 17.3. The third-order valence-corrected chi connectivity index (χ3v) is 4.58. The topological polar surface area (TPSA) is 105 Å². The molecule has 0 radical (unpaired) electrons. The van der Waals surface area contributed by atoms with Crippen LogP contribution in [0.2, 0.25) is 5.02 Å².